The largest absolute Gasteiger partial charge is 0.480 e. The second kappa shape index (κ2) is 5.98. The fraction of sp³-hybridized carbons (Fsp3) is 0.667. The van der Waals surface area contributed by atoms with Crippen LogP contribution in [0.5, 0.6) is 0 Å². The van der Waals surface area contributed by atoms with Crippen molar-refractivity contribution in [2.24, 2.45) is 0 Å². The summed E-state index contributed by atoms with van der Waals surface area (Å²) in [6, 6.07) is -2.33. The van der Waals surface area contributed by atoms with Crippen LogP contribution in [0.15, 0.2) is 0 Å². The average molecular weight is 298 g/mol. The maximum Gasteiger partial charge on any atom is 0.328 e. The summed E-state index contributed by atoms with van der Waals surface area (Å²) in [6.45, 7) is 1.95. The van der Waals surface area contributed by atoms with Gasteiger partial charge < -0.3 is 20.6 Å². The molecule has 0 saturated carbocycles. The highest BCUT2D eigenvalue weighted by Gasteiger charge is 2.41. The van der Waals surface area contributed by atoms with E-state index in [-0.39, 0.29) is 19.0 Å². The zero-order valence-electron chi connectivity index (χ0n) is 11.7. The van der Waals surface area contributed by atoms with Gasteiger partial charge in [-0.15, -0.1) is 0 Å². The van der Waals surface area contributed by atoms with E-state index in [9.17, 15) is 24.3 Å². The maximum absolute atomic E-state index is 12.6. The summed E-state index contributed by atoms with van der Waals surface area (Å²) in [4.78, 5) is 49.4. The van der Waals surface area contributed by atoms with E-state index in [0.29, 0.717) is 19.5 Å². The molecule has 2 heterocycles. The molecule has 116 valence electrons. The molecule has 0 radical (unpaired) electrons. The van der Waals surface area contributed by atoms with Crippen molar-refractivity contribution in [1.29, 1.82) is 0 Å². The van der Waals surface area contributed by atoms with Crippen LogP contribution < -0.4 is 10.6 Å². The number of hydrogen-bond acceptors (Lipinski definition) is 4. The first-order chi connectivity index (χ1) is 9.95. The molecule has 2 rings (SSSR count). The Morgan fingerprint density at radius 2 is 2.00 bits per heavy atom. The Hall–Kier alpha value is -2.32. The number of carboxylic acids is 1. The van der Waals surface area contributed by atoms with Crippen molar-refractivity contribution in [1.82, 2.24) is 20.4 Å². The highest BCUT2D eigenvalue weighted by atomic mass is 16.4. The zero-order valence-corrected chi connectivity index (χ0v) is 11.7. The molecule has 2 aliphatic rings. The Balaban J connectivity index is 2.20. The van der Waals surface area contributed by atoms with Gasteiger partial charge in [-0.2, -0.15) is 0 Å². The second-order valence-corrected chi connectivity index (χ2v) is 4.98. The van der Waals surface area contributed by atoms with E-state index in [1.165, 1.54) is 4.90 Å². The summed E-state index contributed by atoms with van der Waals surface area (Å²) in [5, 5.41) is 14.3. The average Bonchev–Trinajstić information content (AvgIpc) is 2.45. The number of amides is 4. The second-order valence-electron chi connectivity index (χ2n) is 4.98. The number of carbonyl (C=O) groups is 4. The Morgan fingerprint density at radius 3 is 2.62 bits per heavy atom. The molecule has 0 spiro atoms. The van der Waals surface area contributed by atoms with Gasteiger partial charge in [-0.05, 0) is 6.42 Å². The van der Waals surface area contributed by atoms with Crippen LogP contribution in [0, 0.1) is 0 Å². The molecule has 0 bridgehead atoms. The van der Waals surface area contributed by atoms with E-state index < -0.39 is 30.0 Å². The quantitative estimate of drug-likeness (QED) is 0.556. The van der Waals surface area contributed by atoms with Crippen LogP contribution in [-0.4, -0.2) is 77.0 Å². The van der Waals surface area contributed by atoms with Crippen molar-refractivity contribution in [2.75, 3.05) is 26.2 Å². The monoisotopic (exact) mass is 298 g/mol. The van der Waals surface area contributed by atoms with Crippen molar-refractivity contribution >= 4 is 23.8 Å². The lowest BCUT2D eigenvalue weighted by Gasteiger charge is -2.41. The Bertz CT molecular complexity index is 480. The van der Waals surface area contributed by atoms with Crippen LogP contribution in [-0.2, 0) is 14.4 Å². The normalized spacial score (nSPS) is 26.1. The summed E-state index contributed by atoms with van der Waals surface area (Å²) < 4.78 is 0. The number of nitrogens with one attached hydrogen (secondary N) is 2. The van der Waals surface area contributed by atoms with Gasteiger partial charge in [0.2, 0.25) is 11.8 Å². The van der Waals surface area contributed by atoms with Crippen molar-refractivity contribution in [2.45, 2.75) is 25.4 Å². The molecule has 2 unspecified atom stereocenters. The molecule has 0 aromatic carbocycles. The molecule has 21 heavy (non-hydrogen) atoms. The molecule has 3 N–H and O–H groups in total. The van der Waals surface area contributed by atoms with Gasteiger partial charge in [-0.3, -0.25) is 14.5 Å². The zero-order chi connectivity index (χ0) is 15.6. The first-order valence-electron chi connectivity index (χ1n) is 6.80. The minimum Gasteiger partial charge on any atom is -0.480 e. The smallest absolute Gasteiger partial charge is 0.328 e. The minimum absolute atomic E-state index is 0.128. The lowest BCUT2D eigenvalue weighted by atomic mass is 10.1. The van der Waals surface area contributed by atoms with Gasteiger partial charge in [-0.1, -0.05) is 6.92 Å². The number of hydrogen-bond donors (Lipinski definition) is 3. The molecule has 2 atom stereocenters. The fourth-order valence-corrected chi connectivity index (χ4v) is 2.58. The number of rotatable bonds is 2. The van der Waals surface area contributed by atoms with Gasteiger partial charge in [0.1, 0.15) is 18.6 Å². The number of carbonyl (C=O) groups excluding carboxylic acids is 3. The first-order valence-corrected chi connectivity index (χ1v) is 6.80. The fourth-order valence-electron chi connectivity index (χ4n) is 2.58. The van der Waals surface area contributed by atoms with Crippen LogP contribution in [0.1, 0.15) is 13.3 Å². The molecule has 0 aromatic heterocycles. The standard InChI is InChI=1S/C12H18N4O5/c1-2-7-10(18)13-3-4-15(7)12(21)16-6-9(17)14-5-8(16)11(19)20/h7-8H,2-6H2,1H3,(H,13,18)(H,14,17)(H,19,20). The molecule has 9 heteroatoms. The van der Waals surface area contributed by atoms with Gasteiger partial charge in [0, 0.05) is 19.6 Å². The first kappa shape index (κ1) is 15.1. The van der Waals surface area contributed by atoms with Crippen LogP contribution in [0.3, 0.4) is 0 Å². The van der Waals surface area contributed by atoms with Gasteiger partial charge in [0.15, 0.2) is 0 Å². The van der Waals surface area contributed by atoms with E-state index in [1.54, 1.807) is 6.92 Å². The Morgan fingerprint density at radius 1 is 1.29 bits per heavy atom. The Kier molecular flexibility index (Phi) is 4.29. The molecule has 9 nitrogen and oxygen atoms in total. The van der Waals surface area contributed by atoms with E-state index in [2.05, 4.69) is 10.6 Å². The molecule has 2 fully saturated rings. The van der Waals surface area contributed by atoms with E-state index in [0.717, 1.165) is 4.90 Å². The highest BCUT2D eigenvalue weighted by Crippen LogP contribution is 2.15. The van der Waals surface area contributed by atoms with E-state index in [4.69, 9.17) is 0 Å². The van der Waals surface area contributed by atoms with Crippen LogP contribution in [0.2, 0.25) is 0 Å². The molecule has 2 aliphatic heterocycles. The molecular formula is C12H18N4O5. The van der Waals surface area contributed by atoms with Gasteiger partial charge in [0.05, 0.1) is 0 Å². The number of aliphatic carboxylic acids is 1. The summed E-state index contributed by atoms with van der Waals surface area (Å²) in [6.07, 6.45) is 0.426. The van der Waals surface area contributed by atoms with Crippen molar-refractivity contribution in [3.8, 4) is 0 Å². The summed E-state index contributed by atoms with van der Waals surface area (Å²) in [5.74, 6) is -1.85. The van der Waals surface area contributed by atoms with E-state index in [1.807, 2.05) is 0 Å². The molecule has 0 aromatic rings. The van der Waals surface area contributed by atoms with Crippen molar-refractivity contribution in [3.63, 3.8) is 0 Å². The van der Waals surface area contributed by atoms with Gasteiger partial charge >= 0.3 is 12.0 Å². The van der Waals surface area contributed by atoms with Crippen LogP contribution >= 0.6 is 0 Å². The number of urea groups is 1. The van der Waals surface area contributed by atoms with Gasteiger partial charge in [-0.25, -0.2) is 9.59 Å². The Labute approximate surface area is 121 Å². The number of nitrogens with zero attached hydrogens (tertiary/aromatic N) is 2. The van der Waals surface area contributed by atoms with E-state index >= 15 is 0 Å². The van der Waals surface area contributed by atoms with Crippen LogP contribution in [0.4, 0.5) is 4.79 Å². The number of piperazine rings is 2. The molecule has 4 amide bonds. The van der Waals surface area contributed by atoms with Crippen molar-refractivity contribution < 1.29 is 24.3 Å². The predicted octanol–water partition coefficient (Wildman–Crippen LogP) is -1.80. The number of carboxylic acid groups (broad SMARTS) is 1. The van der Waals surface area contributed by atoms with Crippen LogP contribution in [0.25, 0.3) is 0 Å². The summed E-state index contributed by atoms with van der Waals surface area (Å²) in [5.41, 5.74) is 0. The third-order valence-corrected chi connectivity index (χ3v) is 3.68. The molecular weight excluding hydrogens is 280 g/mol. The summed E-state index contributed by atoms with van der Waals surface area (Å²) in [7, 11) is 0. The SMILES string of the molecule is CCC1C(=O)NCCN1C(=O)N1CC(=O)NCC1C(=O)O. The van der Waals surface area contributed by atoms with Crippen molar-refractivity contribution in [3.05, 3.63) is 0 Å². The topological polar surface area (TPSA) is 119 Å². The lowest BCUT2D eigenvalue weighted by molar-refractivity contribution is -0.144. The minimum atomic E-state index is -1.18. The third-order valence-electron chi connectivity index (χ3n) is 3.68. The third kappa shape index (κ3) is 2.91. The highest BCUT2D eigenvalue weighted by molar-refractivity contribution is 5.93. The maximum atomic E-state index is 12.6. The summed E-state index contributed by atoms with van der Waals surface area (Å²) >= 11 is 0. The lowest BCUT2D eigenvalue weighted by Crippen LogP contribution is -2.66. The van der Waals surface area contributed by atoms with Gasteiger partial charge in [0.25, 0.3) is 0 Å². The predicted molar refractivity (Wildman–Crippen MR) is 70.3 cm³/mol. The molecule has 2 saturated heterocycles. The molecule has 0 aliphatic carbocycles.